The Labute approximate surface area is 93.8 Å². The monoisotopic (exact) mass is 233 g/mol. The first-order valence-corrected chi connectivity index (χ1v) is 5.33. The van der Waals surface area contributed by atoms with Crippen LogP contribution in [0.5, 0.6) is 0 Å². The summed E-state index contributed by atoms with van der Waals surface area (Å²) in [5.41, 5.74) is 1.02. The number of benzene rings is 1. The van der Waals surface area contributed by atoms with Crippen molar-refractivity contribution in [2.24, 2.45) is 0 Å². The number of nitrogens with one attached hydrogen (secondary N) is 1. The third-order valence-corrected chi connectivity index (χ3v) is 2.56. The highest BCUT2D eigenvalue weighted by atomic mass is 35.5. The average molecular weight is 234 g/mol. The molecule has 1 aromatic rings. The fourth-order valence-electron chi connectivity index (χ4n) is 1.07. The molecule has 0 spiro atoms. The van der Waals surface area contributed by atoms with Crippen LogP contribution in [0.15, 0.2) is 24.3 Å². The van der Waals surface area contributed by atoms with Crippen LogP contribution in [-0.2, 0) is 6.54 Å². The van der Waals surface area contributed by atoms with Gasteiger partial charge in [-0.3, -0.25) is 0 Å². The normalized spacial score (nSPS) is 12.8. The molecule has 1 rings (SSSR count). The maximum absolute atomic E-state index is 9.18. The molecule has 78 valence electrons. The van der Waals surface area contributed by atoms with Crippen molar-refractivity contribution in [3.63, 3.8) is 0 Å². The van der Waals surface area contributed by atoms with Gasteiger partial charge in [-0.05, 0) is 11.6 Å². The molecule has 0 radical (unpaired) electrons. The van der Waals surface area contributed by atoms with Crippen molar-refractivity contribution in [3.8, 4) is 0 Å². The lowest BCUT2D eigenvalue weighted by molar-refractivity contribution is 0.194. The van der Waals surface area contributed by atoms with Crippen molar-refractivity contribution in [2.75, 3.05) is 12.4 Å². The zero-order valence-corrected chi connectivity index (χ0v) is 9.22. The lowest BCUT2D eigenvalue weighted by atomic mass is 10.2. The molecule has 1 atom stereocenters. The van der Waals surface area contributed by atoms with E-state index in [1.54, 1.807) is 0 Å². The predicted molar refractivity (Wildman–Crippen MR) is 59.9 cm³/mol. The van der Waals surface area contributed by atoms with Crippen LogP contribution >= 0.6 is 23.2 Å². The summed E-state index contributed by atoms with van der Waals surface area (Å²) in [6, 6.07) is 7.61. The van der Waals surface area contributed by atoms with Gasteiger partial charge in [0.1, 0.15) is 0 Å². The topological polar surface area (TPSA) is 32.3 Å². The third-order valence-electron chi connectivity index (χ3n) is 1.83. The molecule has 0 aliphatic rings. The second kappa shape index (κ2) is 6.25. The van der Waals surface area contributed by atoms with Crippen LogP contribution in [0.2, 0.25) is 5.02 Å². The number of alkyl halides is 1. The quantitative estimate of drug-likeness (QED) is 0.764. The van der Waals surface area contributed by atoms with E-state index >= 15 is 0 Å². The zero-order valence-electron chi connectivity index (χ0n) is 7.71. The first kappa shape index (κ1) is 11.8. The van der Waals surface area contributed by atoms with E-state index in [0.717, 1.165) is 10.6 Å². The van der Waals surface area contributed by atoms with E-state index in [-0.39, 0.29) is 5.88 Å². The minimum Gasteiger partial charge on any atom is -0.391 e. The number of hydrogen-bond acceptors (Lipinski definition) is 2. The van der Waals surface area contributed by atoms with Crippen LogP contribution in [0.1, 0.15) is 5.56 Å². The number of aliphatic hydroxyl groups is 1. The van der Waals surface area contributed by atoms with E-state index in [0.29, 0.717) is 13.1 Å². The Morgan fingerprint density at radius 3 is 2.71 bits per heavy atom. The maximum Gasteiger partial charge on any atom is 0.0799 e. The third kappa shape index (κ3) is 3.84. The molecule has 4 heteroatoms. The van der Waals surface area contributed by atoms with E-state index in [2.05, 4.69) is 5.32 Å². The van der Waals surface area contributed by atoms with Crippen molar-refractivity contribution in [1.29, 1.82) is 0 Å². The number of halogens is 2. The molecule has 0 aliphatic heterocycles. The molecule has 0 aromatic heterocycles. The van der Waals surface area contributed by atoms with Crippen molar-refractivity contribution in [3.05, 3.63) is 34.9 Å². The summed E-state index contributed by atoms with van der Waals surface area (Å²) >= 11 is 11.4. The average Bonchev–Trinajstić information content (AvgIpc) is 2.20. The van der Waals surface area contributed by atoms with Crippen LogP contribution in [0.4, 0.5) is 0 Å². The van der Waals surface area contributed by atoms with E-state index < -0.39 is 6.10 Å². The van der Waals surface area contributed by atoms with Gasteiger partial charge in [0, 0.05) is 24.0 Å². The molecule has 2 nitrogen and oxygen atoms in total. The Balaban J connectivity index is 2.35. The fourth-order valence-corrected chi connectivity index (χ4v) is 1.38. The van der Waals surface area contributed by atoms with Crippen LogP contribution in [0.25, 0.3) is 0 Å². The lowest BCUT2D eigenvalue weighted by Crippen LogP contribution is -2.27. The summed E-state index contributed by atoms with van der Waals surface area (Å²) in [7, 11) is 0. The first-order valence-electron chi connectivity index (χ1n) is 4.42. The molecule has 0 fully saturated rings. The van der Waals surface area contributed by atoms with Gasteiger partial charge in [0.2, 0.25) is 0 Å². The van der Waals surface area contributed by atoms with Gasteiger partial charge in [-0.25, -0.2) is 0 Å². The minimum absolute atomic E-state index is 0.246. The number of aliphatic hydroxyl groups excluding tert-OH is 1. The number of rotatable bonds is 5. The van der Waals surface area contributed by atoms with E-state index in [1.807, 2.05) is 24.3 Å². The highest BCUT2D eigenvalue weighted by Crippen LogP contribution is 2.14. The number of hydrogen-bond donors (Lipinski definition) is 2. The Morgan fingerprint density at radius 1 is 1.36 bits per heavy atom. The maximum atomic E-state index is 9.18. The largest absolute Gasteiger partial charge is 0.391 e. The highest BCUT2D eigenvalue weighted by Gasteiger charge is 2.02. The Bertz CT molecular complexity index is 281. The molecule has 0 heterocycles. The first-order chi connectivity index (χ1) is 6.74. The zero-order chi connectivity index (χ0) is 10.4. The molecule has 1 aromatic carbocycles. The molecule has 0 aliphatic carbocycles. The molecule has 1 unspecified atom stereocenters. The summed E-state index contributed by atoms with van der Waals surface area (Å²) < 4.78 is 0. The van der Waals surface area contributed by atoms with Gasteiger partial charge in [-0.2, -0.15) is 0 Å². The fraction of sp³-hybridized carbons (Fsp3) is 0.400. The Hall–Kier alpha value is -0.280. The second-order valence-corrected chi connectivity index (χ2v) is 3.75. The van der Waals surface area contributed by atoms with Gasteiger partial charge >= 0.3 is 0 Å². The van der Waals surface area contributed by atoms with Gasteiger partial charge in [0.15, 0.2) is 0 Å². The molecule has 0 bridgehead atoms. The molecule has 0 amide bonds. The van der Waals surface area contributed by atoms with E-state index in [4.69, 9.17) is 23.2 Å². The summed E-state index contributed by atoms with van der Waals surface area (Å²) in [5.74, 6) is 0.246. The van der Waals surface area contributed by atoms with Crippen molar-refractivity contribution < 1.29 is 5.11 Å². The SMILES string of the molecule is OC(CCl)CNCc1ccccc1Cl. The second-order valence-electron chi connectivity index (χ2n) is 3.03. The molecule has 2 N–H and O–H groups in total. The minimum atomic E-state index is -0.501. The molecule has 0 saturated heterocycles. The van der Waals surface area contributed by atoms with Gasteiger partial charge in [-0.15, -0.1) is 11.6 Å². The van der Waals surface area contributed by atoms with Crippen molar-refractivity contribution in [2.45, 2.75) is 12.6 Å². The van der Waals surface area contributed by atoms with Crippen LogP contribution < -0.4 is 5.32 Å². The van der Waals surface area contributed by atoms with Crippen LogP contribution in [-0.4, -0.2) is 23.6 Å². The van der Waals surface area contributed by atoms with Gasteiger partial charge in [-0.1, -0.05) is 29.8 Å². The summed E-state index contributed by atoms with van der Waals surface area (Å²) in [6.07, 6.45) is -0.501. The van der Waals surface area contributed by atoms with Crippen LogP contribution in [0.3, 0.4) is 0 Å². The molecule has 14 heavy (non-hydrogen) atoms. The van der Waals surface area contributed by atoms with Gasteiger partial charge in [0.25, 0.3) is 0 Å². The van der Waals surface area contributed by atoms with Crippen LogP contribution in [0, 0.1) is 0 Å². The Kier molecular flexibility index (Phi) is 5.26. The van der Waals surface area contributed by atoms with Crippen molar-refractivity contribution >= 4 is 23.2 Å². The smallest absolute Gasteiger partial charge is 0.0799 e. The summed E-state index contributed by atoms with van der Waals surface area (Å²) in [5, 5.41) is 13.0. The highest BCUT2D eigenvalue weighted by molar-refractivity contribution is 6.31. The van der Waals surface area contributed by atoms with Gasteiger partial charge < -0.3 is 10.4 Å². The molecular weight excluding hydrogens is 221 g/mol. The lowest BCUT2D eigenvalue weighted by Gasteiger charge is -2.09. The summed E-state index contributed by atoms with van der Waals surface area (Å²) in [4.78, 5) is 0. The molecular formula is C10H13Cl2NO. The van der Waals surface area contributed by atoms with E-state index in [9.17, 15) is 5.11 Å². The van der Waals surface area contributed by atoms with Gasteiger partial charge in [0.05, 0.1) is 6.10 Å². The predicted octanol–water partition coefficient (Wildman–Crippen LogP) is 2.03. The summed E-state index contributed by atoms with van der Waals surface area (Å²) in [6.45, 7) is 1.13. The molecule has 0 saturated carbocycles. The standard InChI is InChI=1S/C10H13Cl2NO/c11-5-9(14)7-13-6-8-3-1-2-4-10(8)12/h1-4,9,13-14H,5-7H2. The van der Waals surface area contributed by atoms with Crippen molar-refractivity contribution in [1.82, 2.24) is 5.32 Å². The van der Waals surface area contributed by atoms with E-state index in [1.165, 1.54) is 0 Å². The Morgan fingerprint density at radius 2 is 2.07 bits per heavy atom.